The van der Waals surface area contributed by atoms with Gasteiger partial charge in [0.1, 0.15) is 11.4 Å². The standard InChI is InChI=1S/C23H23FN2O3/c1-2-29-23(28)20-18-6-4-3-5-7-19(18)21(22(20)27)26-14-12-25(13-15-26)17-10-8-16(24)9-11-17/h3-11,27H,2,12-15H2,1H3. The Morgan fingerprint density at radius 2 is 1.59 bits per heavy atom. The van der Waals surface area contributed by atoms with E-state index in [-0.39, 0.29) is 23.7 Å². The highest BCUT2D eigenvalue weighted by Gasteiger charge is 2.32. The Hall–Kier alpha value is -3.28. The minimum Gasteiger partial charge on any atom is -0.505 e. The SMILES string of the molecule is CCOC(=O)c1c2cccccc-2c(N2CCN(c3ccc(F)cc3)CC2)c1O. The van der Waals surface area contributed by atoms with Crippen molar-refractivity contribution in [3.63, 3.8) is 0 Å². The molecule has 0 amide bonds. The summed E-state index contributed by atoms with van der Waals surface area (Å²) in [5, 5.41) is 11.0. The summed E-state index contributed by atoms with van der Waals surface area (Å²) in [4.78, 5) is 16.8. The molecular formula is C23H23FN2O3. The molecule has 0 spiro atoms. The fraction of sp³-hybridized carbons (Fsp3) is 0.261. The molecule has 4 rings (SSSR count). The zero-order chi connectivity index (χ0) is 20.4. The van der Waals surface area contributed by atoms with Gasteiger partial charge in [-0.15, -0.1) is 0 Å². The second-order valence-electron chi connectivity index (χ2n) is 6.98. The molecule has 1 heterocycles. The molecule has 3 aliphatic rings. The fourth-order valence-electron chi connectivity index (χ4n) is 3.92. The van der Waals surface area contributed by atoms with Crippen molar-refractivity contribution in [2.45, 2.75) is 6.92 Å². The molecule has 1 aromatic rings. The predicted molar refractivity (Wildman–Crippen MR) is 112 cm³/mol. The van der Waals surface area contributed by atoms with E-state index < -0.39 is 5.97 Å². The smallest absolute Gasteiger partial charge is 0.342 e. The van der Waals surface area contributed by atoms with E-state index in [1.165, 1.54) is 12.1 Å². The molecule has 5 nitrogen and oxygen atoms in total. The number of halogens is 1. The Kier molecular flexibility index (Phi) is 5.25. The van der Waals surface area contributed by atoms with E-state index in [1.54, 1.807) is 19.1 Å². The molecule has 2 aliphatic carbocycles. The maximum absolute atomic E-state index is 13.2. The Morgan fingerprint density at radius 3 is 2.24 bits per heavy atom. The Labute approximate surface area is 169 Å². The van der Waals surface area contributed by atoms with E-state index >= 15 is 0 Å². The molecule has 1 N–H and O–H groups in total. The zero-order valence-electron chi connectivity index (χ0n) is 16.3. The number of ether oxygens (including phenoxy) is 1. The van der Waals surface area contributed by atoms with E-state index in [2.05, 4.69) is 9.80 Å². The number of carbonyl (C=O) groups is 1. The molecule has 1 saturated heterocycles. The van der Waals surface area contributed by atoms with Crippen LogP contribution in [0.1, 0.15) is 17.3 Å². The number of carbonyl (C=O) groups excluding carboxylic acids is 1. The van der Waals surface area contributed by atoms with Crippen LogP contribution in [0.3, 0.4) is 0 Å². The first kappa shape index (κ1) is 19.1. The normalized spacial score (nSPS) is 14.3. The van der Waals surface area contributed by atoms with Gasteiger partial charge in [0.2, 0.25) is 0 Å². The van der Waals surface area contributed by atoms with Gasteiger partial charge in [0.15, 0.2) is 5.75 Å². The summed E-state index contributed by atoms with van der Waals surface area (Å²) in [6, 6.07) is 15.9. The van der Waals surface area contributed by atoms with E-state index in [9.17, 15) is 14.3 Å². The summed E-state index contributed by atoms with van der Waals surface area (Å²) in [7, 11) is 0. The van der Waals surface area contributed by atoms with Crippen molar-refractivity contribution in [3.05, 3.63) is 66.0 Å². The van der Waals surface area contributed by atoms with Crippen molar-refractivity contribution in [2.24, 2.45) is 0 Å². The molecule has 6 heteroatoms. The average Bonchev–Trinajstić information content (AvgIpc) is 2.84. The van der Waals surface area contributed by atoms with Crippen LogP contribution in [-0.4, -0.2) is 43.9 Å². The number of nitrogens with zero attached hydrogens (tertiary/aromatic N) is 2. The number of anilines is 2. The molecule has 150 valence electrons. The molecule has 29 heavy (non-hydrogen) atoms. The van der Waals surface area contributed by atoms with Gasteiger partial charge in [0, 0.05) is 43.0 Å². The highest BCUT2D eigenvalue weighted by Crippen LogP contribution is 2.48. The maximum Gasteiger partial charge on any atom is 0.342 e. The van der Waals surface area contributed by atoms with E-state index in [1.807, 2.05) is 30.3 Å². The molecule has 0 saturated carbocycles. The lowest BCUT2D eigenvalue weighted by Gasteiger charge is -2.37. The molecule has 0 radical (unpaired) electrons. The van der Waals surface area contributed by atoms with E-state index in [0.29, 0.717) is 24.3 Å². The van der Waals surface area contributed by atoms with Crippen LogP contribution in [0.2, 0.25) is 0 Å². The number of piperazine rings is 1. The van der Waals surface area contributed by atoms with Crippen LogP contribution < -0.4 is 9.80 Å². The molecule has 1 fully saturated rings. The first-order valence-electron chi connectivity index (χ1n) is 9.76. The van der Waals surface area contributed by atoms with Crippen LogP contribution in [0.5, 0.6) is 5.75 Å². The van der Waals surface area contributed by atoms with Crippen molar-refractivity contribution in [1.29, 1.82) is 0 Å². The topological polar surface area (TPSA) is 53.0 Å². The Bertz CT molecular complexity index is 982. The van der Waals surface area contributed by atoms with Crippen molar-refractivity contribution in [3.8, 4) is 16.9 Å². The summed E-state index contributed by atoms with van der Waals surface area (Å²) >= 11 is 0. The highest BCUT2D eigenvalue weighted by atomic mass is 19.1. The summed E-state index contributed by atoms with van der Waals surface area (Å²) in [5.74, 6) is -0.794. The monoisotopic (exact) mass is 394 g/mol. The van der Waals surface area contributed by atoms with Gasteiger partial charge in [0.25, 0.3) is 0 Å². The number of fused-ring (bicyclic) bond motifs is 1. The molecular weight excluding hydrogens is 371 g/mol. The van der Waals surface area contributed by atoms with Gasteiger partial charge >= 0.3 is 5.97 Å². The second-order valence-corrected chi connectivity index (χ2v) is 6.98. The van der Waals surface area contributed by atoms with Gasteiger partial charge in [-0.25, -0.2) is 9.18 Å². The number of hydrogen-bond acceptors (Lipinski definition) is 5. The second kappa shape index (κ2) is 7.99. The van der Waals surface area contributed by atoms with Crippen molar-refractivity contribution < 1.29 is 19.0 Å². The van der Waals surface area contributed by atoms with Gasteiger partial charge in [-0.05, 0) is 31.2 Å². The third kappa shape index (κ3) is 3.58. The largest absolute Gasteiger partial charge is 0.505 e. The maximum atomic E-state index is 13.2. The lowest BCUT2D eigenvalue weighted by molar-refractivity contribution is 0.0524. The summed E-state index contributed by atoms with van der Waals surface area (Å²) in [5.41, 5.74) is 3.36. The highest BCUT2D eigenvalue weighted by molar-refractivity contribution is 6.08. The minimum atomic E-state index is -0.516. The van der Waals surface area contributed by atoms with Crippen LogP contribution >= 0.6 is 0 Å². The van der Waals surface area contributed by atoms with Gasteiger partial charge in [-0.1, -0.05) is 30.3 Å². The van der Waals surface area contributed by atoms with Gasteiger partial charge in [0.05, 0.1) is 12.3 Å². The summed E-state index contributed by atoms with van der Waals surface area (Å²) < 4.78 is 18.4. The van der Waals surface area contributed by atoms with Crippen molar-refractivity contribution in [2.75, 3.05) is 42.6 Å². The van der Waals surface area contributed by atoms with Crippen molar-refractivity contribution >= 4 is 17.3 Å². The number of rotatable bonds is 4. The molecule has 1 aromatic carbocycles. The Morgan fingerprint density at radius 1 is 0.966 bits per heavy atom. The van der Waals surface area contributed by atoms with Crippen LogP contribution in [0.15, 0.2) is 54.6 Å². The van der Waals surface area contributed by atoms with Crippen LogP contribution in [0.25, 0.3) is 11.1 Å². The summed E-state index contributed by atoms with van der Waals surface area (Å²) in [6.07, 6.45) is 0. The quantitative estimate of drug-likeness (QED) is 0.674. The predicted octanol–water partition coefficient (Wildman–Crippen LogP) is 4.14. The van der Waals surface area contributed by atoms with E-state index in [0.717, 1.165) is 24.3 Å². The van der Waals surface area contributed by atoms with Crippen LogP contribution in [-0.2, 0) is 4.74 Å². The Balaban J connectivity index is 1.64. The van der Waals surface area contributed by atoms with Gasteiger partial charge in [-0.2, -0.15) is 0 Å². The molecule has 0 aromatic heterocycles. The lowest BCUT2D eigenvalue weighted by atomic mass is 10.1. The lowest BCUT2D eigenvalue weighted by Crippen LogP contribution is -2.46. The number of hydrogen-bond donors (Lipinski definition) is 1. The molecule has 0 unspecified atom stereocenters. The first-order valence-corrected chi connectivity index (χ1v) is 9.76. The first-order chi connectivity index (χ1) is 14.1. The third-order valence-electron chi connectivity index (χ3n) is 5.29. The third-order valence-corrected chi connectivity index (χ3v) is 5.29. The average molecular weight is 394 g/mol. The number of aromatic hydroxyl groups is 1. The number of benzene rings is 1. The minimum absolute atomic E-state index is 0.0279. The van der Waals surface area contributed by atoms with E-state index in [4.69, 9.17) is 4.74 Å². The van der Waals surface area contributed by atoms with Crippen LogP contribution in [0.4, 0.5) is 15.8 Å². The molecule has 0 bridgehead atoms. The fourth-order valence-corrected chi connectivity index (χ4v) is 3.92. The van der Waals surface area contributed by atoms with Crippen molar-refractivity contribution in [1.82, 2.24) is 0 Å². The van der Waals surface area contributed by atoms with Gasteiger partial charge < -0.3 is 19.6 Å². The molecule has 0 atom stereocenters. The summed E-state index contributed by atoms with van der Waals surface area (Å²) in [6.45, 7) is 4.79. The van der Waals surface area contributed by atoms with Gasteiger partial charge in [-0.3, -0.25) is 0 Å². The zero-order valence-corrected chi connectivity index (χ0v) is 16.3. The number of esters is 1. The molecule has 1 aliphatic heterocycles. The van der Waals surface area contributed by atoms with Crippen LogP contribution in [0, 0.1) is 5.82 Å².